The Morgan fingerprint density at radius 3 is 2.43 bits per heavy atom. The number of para-hydroxylation sites is 2. The van der Waals surface area contributed by atoms with Crippen LogP contribution in [0.15, 0.2) is 66.7 Å². The maximum atomic E-state index is 10.8. The van der Waals surface area contributed by atoms with Gasteiger partial charge in [-0.3, -0.25) is 4.55 Å². The molecule has 1 unspecified atom stereocenters. The fraction of sp³-hybridized carbons (Fsp3) is 0. The van der Waals surface area contributed by atoms with E-state index in [9.17, 15) is 4.21 Å². The molecule has 0 saturated carbocycles. The number of benzene rings is 3. The van der Waals surface area contributed by atoms with Crippen LogP contribution in [0.5, 0.6) is 5.75 Å². The third-order valence-electron chi connectivity index (χ3n) is 3.08. The second kappa shape index (κ2) is 5.95. The van der Waals surface area contributed by atoms with E-state index in [0.717, 1.165) is 16.5 Å². The summed E-state index contributed by atoms with van der Waals surface area (Å²) >= 11 is -2.35. The van der Waals surface area contributed by atoms with Gasteiger partial charge in [-0.25, -0.2) is 0 Å². The van der Waals surface area contributed by atoms with Gasteiger partial charge < -0.3 is 9.50 Å². The van der Waals surface area contributed by atoms with Gasteiger partial charge >= 0.3 is 11.4 Å². The average Bonchev–Trinajstić information content (AvgIpc) is 2.49. The lowest BCUT2D eigenvalue weighted by atomic mass is 10.1. The summed E-state index contributed by atoms with van der Waals surface area (Å²) in [5, 5.41) is 5.47. The summed E-state index contributed by atoms with van der Waals surface area (Å²) in [4.78, 5) is 0. The molecule has 5 heteroatoms. The zero-order valence-electron chi connectivity index (χ0n) is 11.0. The van der Waals surface area contributed by atoms with Gasteiger partial charge in [-0.05, 0) is 35.0 Å². The second-order valence-electron chi connectivity index (χ2n) is 4.48. The van der Waals surface area contributed by atoms with Crippen LogP contribution in [0.2, 0.25) is 0 Å². The molecule has 0 heterocycles. The topological polar surface area (TPSA) is 58.6 Å². The number of anilines is 2. The lowest BCUT2D eigenvalue weighted by molar-refractivity contribution is 0.459. The summed E-state index contributed by atoms with van der Waals surface area (Å²) in [7, 11) is 0. The third kappa shape index (κ3) is 3.21. The Morgan fingerprint density at radius 2 is 1.62 bits per heavy atom. The van der Waals surface area contributed by atoms with Crippen LogP contribution in [0.25, 0.3) is 10.8 Å². The Hall–Kier alpha value is -2.37. The lowest BCUT2D eigenvalue weighted by Crippen LogP contribution is -2.00. The van der Waals surface area contributed by atoms with Crippen LogP contribution in [-0.2, 0) is 11.4 Å². The Kier molecular flexibility index (Phi) is 3.85. The average molecular weight is 299 g/mol. The fourth-order valence-electron chi connectivity index (χ4n) is 2.14. The predicted octanol–water partition coefficient (Wildman–Crippen LogP) is 4.10. The van der Waals surface area contributed by atoms with E-state index >= 15 is 0 Å². The van der Waals surface area contributed by atoms with E-state index in [1.54, 1.807) is 18.2 Å². The van der Waals surface area contributed by atoms with E-state index in [1.807, 2.05) is 48.5 Å². The van der Waals surface area contributed by atoms with Crippen molar-refractivity contribution in [2.24, 2.45) is 0 Å². The highest BCUT2D eigenvalue weighted by molar-refractivity contribution is 7.74. The van der Waals surface area contributed by atoms with Gasteiger partial charge in [0.1, 0.15) is 0 Å². The van der Waals surface area contributed by atoms with Gasteiger partial charge in [-0.2, -0.15) is 4.21 Å². The molecule has 3 aromatic rings. The van der Waals surface area contributed by atoms with Gasteiger partial charge in [0, 0.05) is 5.69 Å². The van der Waals surface area contributed by atoms with Crippen LogP contribution in [0.4, 0.5) is 11.4 Å². The molecule has 0 aromatic heterocycles. The summed E-state index contributed by atoms with van der Waals surface area (Å²) in [6.45, 7) is 0. The van der Waals surface area contributed by atoms with Crippen LogP contribution < -0.4 is 9.50 Å². The molecule has 106 valence electrons. The van der Waals surface area contributed by atoms with Gasteiger partial charge in [0.15, 0.2) is 5.75 Å². The minimum atomic E-state index is -2.35. The van der Waals surface area contributed by atoms with Crippen molar-refractivity contribution in [3.05, 3.63) is 66.7 Å². The molecule has 0 fully saturated rings. The fourth-order valence-corrected chi connectivity index (χ4v) is 2.44. The molecule has 0 radical (unpaired) electrons. The Morgan fingerprint density at radius 1 is 0.905 bits per heavy atom. The molecule has 4 nitrogen and oxygen atoms in total. The highest BCUT2D eigenvalue weighted by Crippen LogP contribution is 2.29. The minimum Gasteiger partial charge on any atom is -0.378 e. The highest BCUT2D eigenvalue weighted by Gasteiger charge is 2.06. The van der Waals surface area contributed by atoms with Crippen LogP contribution in [-0.4, -0.2) is 8.76 Å². The van der Waals surface area contributed by atoms with Crippen molar-refractivity contribution in [3.8, 4) is 5.75 Å². The zero-order chi connectivity index (χ0) is 14.7. The molecule has 3 aromatic carbocycles. The summed E-state index contributed by atoms with van der Waals surface area (Å²) in [5.41, 5.74) is 1.52. The Labute approximate surface area is 124 Å². The molecule has 0 aliphatic rings. The molecule has 0 saturated heterocycles. The van der Waals surface area contributed by atoms with E-state index in [2.05, 4.69) is 5.32 Å². The lowest BCUT2D eigenvalue weighted by Gasteiger charge is -2.11. The summed E-state index contributed by atoms with van der Waals surface area (Å²) in [6, 6.07) is 21.0. The largest absolute Gasteiger partial charge is 0.378 e. The van der Waals surface area contributed by atoms with E-state index in [-0.39, 0.29) is 0 Å². The van der Waals surface area contributed by atoms with E-state index in [1.165, 1.54) is 0 Å². The first kappa shape index (κ1) is 13.6. The number of nitrogens with one attached hydrogen (secondary N) is 1. The van der Waals surface area contributed by atoms with Crippen molar-refractivity contribution < 1.29 is 12.9 Å². The molecule has 2 N–H and O–H groups in total. The van der Waals surface area contributed by atoms with Crippen LogP contribution in [0.1, 0.15) is 0 Å². The van der Waals surface area contributed by atoms with E-state index in [4.69, 9.17) is 8.74 Å². The number of hydrogen-bond donors (Lipinski definition) is 2. The van der Waals surface area contributed by atoms with Gasteiger partial charge in [-0.1, -0.05) is 42.5 Å². The molecule has 3 rings (SSSR count). The zero-order valence-corrected chi connectivity index (χ0v) is 11.8. The molecule has 21 heavy (non-hydrogen) atoms. The molecule has 0 aliphatic carbocycles. The Balaban J connectivity index is 1.93. The molecule has 1 atom stereocenters. The van der Waals surface area contributed by atoms with Crippen molar-refractivity contribution >= 4 is 33.5 Å². The van der Waals surface area contributed by atoms with Crippen molar-refractivity contribution in [1.82, 2.24) is 0 Å². The first-order chi connectivity index (χ1) is 10.2. The van der Waals surface area contributed by atoms with E-state index < -0.39 is 11.4 Å². The molecule has 0 spiro atoms. The predicted molar refractivity (Wildman–Crippen MR) is 85.1 cm³/mol. The second-order valence-corrected chi connectivity index (χ2v) is 5.08. The van der Waals surface area contributed by atoms with E-state index in [0.29, 0.717) is 11.4 Å². The monoisotopic (exact) mass is 299 g/mol. The van der Waals surface area contributed by atoms with Crippen LogP contribution in [0, 0.1) is 0 Å². The van der Waals surface area contributed by atoms with Crippen molar-refractivity contribution in [1.29, 1.82) is 0 Å². The van der Waals surface area contributed by atoms with Gasteiger partial charge in [0.2, 0.25) is 0 Å². The molecule has 0 aliphatic heterocycles. The first-order valence-electron chi connectivity index (χ1n) is 6.36. The summed E-state index contributed by atoms with van der Waals surface area (Å²) in [6.07, 6.45) is 0. The third-order valence-corrected chi connectivity index (χ3v) is 3.40. The number of fused-ring (bicyclic) bond motifs is 1. The first-order valence-corrected chi connectivity index (χ1v) is 7.39. The standard InChI is InChI=1S/C16H13NO3S/c18-21(19)20-16-8-4-3-7-15(16)17-14-10-9-12-5-1-2-6-13(12)11-14/h1-11,17H,(H,18,19). The smallest absolute Gasteiger partial charge is 0.357 e. The number of rotatable bonds is 4. The Bertz CT molecular complexity index is 804. The summed E-state index contributed by atoms with van der Waals surface area (Å²) < 4.78 is 24.5. The normalized spacial score (nSPS) is 12.0. The maximum absolute atomic E-state index is 10.8. The molecular weight excluding hydrogens is 286 g/mol. The van der Waals surface area contributed by atoms with Gasteiger partial charge in [0.05, 0.1) is 5.69 Å². The van der Waals surface area contributed by atoms with Crippen molar-refractivity contribution in [2.75, 3.05) is 5.32 Å². The SMILES string of the molecule is O=S(O)Oc1ccccc1Nc1ccc2ccccc2c1. The molecule has 0 amide bonds. The van der Waals surface area contributed by atoms with Crippen LogP contribution >= 0.6 is 0 Å². The maximum Gasteiger partial charge on any atom is 0.357 e. The molecule has 0 bridgehead atoms. The van der Waals surface area contributed by atoms with Gasteiger partial charge in [-0.15, -0.1) is 0 Å². The van der Waals surface area contributed by atoms with Crippen LogP contribution in [0.3, 0.4) is 0 Å². The highest BCUT2D eigenvalue weighted by atomic mass is 32.2. The number of hydrogen-bond acceptors (Lipinski definition) is 3. The van der Waals surface area contributed by atoms with Crippen molar-refractivity contribution in [2.45, 2.75) is 0 Å². The van der Waals surface area contributed by atoms with Gasteiger partial charge in [0.25, 0.3) is 0 Å². The molecular formula is C16H13NO3S. The summed E-state index contributed by atoms with van der Waals surface area (Å²) in [5.74, 6) is 0.325. The van der Waals surface area contributed by atoms with Crippen molar-refractivity contribution in [3.63, 3.8) is 0 Å². The quantitative estimate of drug-likeness (QED) is 0.712. The minimum absolute atomic E-state index is 0.325.